The summed E-state index contributed by atoms with van der Waals surface area (Å²) in [7, 11) is -2.37. The Kier molecular flexibility index (Phi) is 2.87. The maximum absolute atomic E-state index is 13.4. The summed E-state index contributed by atoms with van der Waals surface area (Å²) in [6.45, 7) is 2.15. The first kappa shape index (κ1) is 11.7. The molecule has 1 aliphatic heterocycles. The summed E-state index contributed by atoms with van der Waals surface area (Å²) in [5.74, 6) is 0. The lowest BCUT2D eigenvalue weighted by Gasteiger charge is -2.14. The normalized spacial score (nSPS) is 15.2. The largest absolute Gasteiger partial charge is 0.314 e. The molecule has 0 N–H and O–H groups in total. The second-order valence-electron chi connectivity index (χ2n) is 4.85. The van der Waals surface area contributed by atoms with Gasteiger partial charge in [-0.2, -0.15) is 0 Å². The van der Waals surface area contributed by atoms with Crippen LogP contribution in [0.15, 0.2) is 48.5 Å². The summed E-state index contributed by atoms with van der Waals surface area (Å²) >= 11 is 0. The lowest BCUT2D eigenvalue weighted by molar-refractivity contribution is 0.585. The molecule has 2 heteroatoms. The molecule has 1 nitrogen and oxygen atoms in total. The van der Waals surface area contributed by atoms with Crippen molar-refractivity contribution in [1.29, 1.82) is 0 Å². The molecular formula is C16H17OP. The first-order valence-corrected chi connectivity index (χ1v) is 8.45. The predicted molar refractivity (Wildman–Crippen MR) is 78.5 cm³/mol. The minimum Gasteiger partial charge on any atom is -0.314 e. The number of hydrogen-bond donors (Lipinski definition) is 0. The molecule has 2 aromatic rings. The molecule has 1 heterocycles. The van der Waals surface area contributed by atoms with Crippen molar-refractivity contribution in [1.82, 2.24) is 0 Å². The first-order valence-electron chi connectivity index (χ1n) is 6.56. The minimum atomic E-state index is -2.37. The molecule has 0 spiro atoms. The monoisotopic (exact) mass is 256 g/mol. The van der Waals surface area contributed by atoms with Gasteiger partial charge in [-0.25, -0.2) is 0 Å². The summed E-state index contributed by atoms with van der Waals surface area (Å²) in [5.41, 5.74) is 2.35. The molecule has 0 aromatic heterocycles. The molecule has 0 aliphatic carbocycles. The molecule has 0 amide bonds. The van der Waals surface area contributed by atoms with Gasteiger partial charge in [0.15, 0.2) is 0 Å². The van der Waals surface area contributed by atoms with Crippen LogP contribution in [-0.2, 0) is 4.57 Å². The first-order chi connectivity index (χ1) is 8.77. The molecule has 0 bridgehead atoms. The van der Waals surface area contributed by atoms with E-state index in [0.717, 1.165) is 29.6 Å². The van der Waals surface area contributed by atoms with Gasteiger partial charge in [0.1, 0.15) is 7.14 Å². The Morgan fingerprint density at radius 1 is 0.889 bits per heavy atom. The zero-order valence-corrected chi connectivity index (χ0v) is 11.5. The van der Waals surface area contributed by atoms with E-state index in [9.17, 15) is 4.57 Å². The van der Waals surface area contributed by atoms with E-state index in [4.69, 9.17) is 0 Å². The van der Waals surface area contributed by atoms with Gasteiger partial charge >= 0.3 is 0 Å². The second-order valence-corrected chi connectivity index (χ2v) is 7.74. The second kappa shape index (κ2) is 4.40. The van der Waals surface area contributed by atoms with Crippen LogP contribution in [0.4, 0.5) is 0 Å². The van der Waals surface area contributed by atoms with E-state index >= 15 is 0 Å². The van der Waals surface area contributed by atoms with E-state index in [1.807, 2.05) is 36.4 Å². The molecule has 0 saturated heterocycles. The van der Waals surface area contributed by atoms with Crippen LogP contribution < -0.4 is 10.6 Å². The van der Waals surface area contributed by atoms with E-state index in [-0.39, 0.29) is 0 Å². The third-order valence-corrected chi connectivity index (χ3v) is 6.99. The Morgan fingerprint density at radius 2 is 1.39 bits per heavy atom. The highest BCUT2D eigenvalue weighted by molar-refractivity contribution is 7.80. The minimum absolute atomic E-state index is 0.803. The van der Waals surface area contributed by atoms with Crippen molar-refractivity contribution in [3.8, 4) is 11.1 Å². The number of fused-ring (bicyclic) bond motifs is 3. The molecule has 0 atom stereocenters. The van der Waals surface area contributed by atoms with Crippen LogP contribution in [0.1, 0.15) is 19.8 Å². The Labute approximate surface area is 108 Å². The van der Waals surface area contributed by atoms with E-state index in [0.29, 0.717) is 0 Å². The number of benzene rings is 2. The van der Waals surface area contributed by atoms with Crippen molar-refractivity contribution in [3.05, 3.63) is 48.5 Å². The molecule has 0 radical (unpaired) electrons. The lowest BCUT2D eigenvalue weighted by atomic mass is 10.1. The standard InChI is InChI=1S/C16H17OP/c1-2-3-12-18(17)15-10-6-4-8-13(15)14-9-5-7-11-16(14)18/h4-11H,2-3,12H2,1H3. The average Bonchev–Trinajstić information content (AvgIpc) is 2.69. The van der Waals surface area contributed by atoms with Crippen molar-refractivity contribution in [3.63, 3.8) is 0 Å². The Morgan fingerprint density at radius 3 is 1.89 bits per heavy atom. The fourth-order valence-corrected chi connectivity index (χ4v) is 6.11. The van der Waals surface area contributed by atoms with Gasteiger partial charge in [-0.1, -0.05) is 61.9 Å². The predicted octanol–water partition coefficient (Wildman–Crippen LogP) is 3.78. The van der Waals surface area contributed by atoms with Crippen molar-refractivity contribution < 1.29 is 4.57 Å². The van der Waals surface area contributed by atoms with Gasteiger partial charge in [0, 0.05) is 16.8 Å². The molecule has 1 aliphatic rings. The van der Waals surface area contributed by atoms with Crippen LogP contribution in [0.25, 0.3) is 11.1 Å². The summed E-state index contributed by atoms with van der Waals surface area (Å²) in [6.07, 6.45) is 2.92. The van der Waals surface area contributed by atoms with Crippen molar-refractivity contribution in [2.75, 3.05) is 6.16 Å². The van der Waals surface area contributed by atoms with Crippen LogP contribution in [0.2, 0.25) is 0 Å². The number of rotatable bonds is 3. The molecule has 0 fully saturated rings. The van der Waals surface area contributed by atoms with Gasteiger partial charge in [-0.15, -0.1) is 0 Å². The topological polar surface area (TPSA) is 17.1 Å². The van der Waals surface area contributed by atoms with Crippen LogP contribution in [0.3, 0.4) is 0 Å². The van der Waals surface area contributed by atoms with Crippen LogP contribution in [0.5, 0.6) is 0 Å². The van der Waals surface area contributed by atoms with Gasteiger partial charge in [-0.3, -0.25) is 0 Å². The maximum Gasteiger partial charge on any atom is 0.144 e. The molecule has 18 heavy (non-hydrogen) atoms. The van der Waals surface area contributed by atoms with E-state index in [2.05, 4.69) is 19.1 Å². The Balaban J connectivity index is 2.24. The lowest BCUT2D eigenvalue weighted by Crippen LogP contribution is -2.12. The summed E-state index contributed by atoms with van der Waals surface area (Å²) in [4.78, 5) is 0. The quantitative estimate of drug-likeness (QED) is 0.764. The van der Waals surface area contributed by atoms with Crippen LogP contribution in [0, 0.1) is 0 Å². The van der Waals surface area contributed by atoms with Crippen molar-refractivity contribution in [2.24, 2.45) is 0 Å². The van der Waals surface area contributed by atoms with Crippen LogP contribution >= 0.6 is 7.14 Å². The molecule has 0 unspecified atom stereocenters. The summed E-state index contributed by atoms with van der Waals surface area (Å²) in [6, 6.07) is 16.4. The summed E-state index contributed by atoms with van der Waals surface area (Å²) < 4.78 is 13.4. The Hall–Kier alpha value is -1.33. The fourth-order valence-electron chi connectivity index (χ4n) is 2.78. The SMILES string of the molecule is CCCCP1(=O)c2ccccc2-c2ccccc21. The van der Waals surface area contributed by atoms with Gasteiger partial charge in [0.05, 0.1) is 0 Å². The van der Waals surface area contributed by atoms with Gasteiger partial charge in [0.25, 0.3) is 0 Å². The van der Waals surface area contributed by atoms with Crippen LogP contribution in [-0.4, -0.2) is 6.16 Å². The van der Waals surface area contributed by atoms with Crippen molar-refractivity contribution >= 4 is 17.8 Å². The maximum atomic E-state index is 13.4. The van der Waals surface area contributed by atoms with Gasteiger partial charge in [-0.05, 0) is 17.5 Å². The van der Waals surface area contributed by atoms with E-state index in [1.54, 1.807) is 0 Å². The van der Waals surface area contributed by atoms with Gasteiger partial charge < -0.3 is 4.57 Å². The zero-order chi connectivity index (χ0) is 12.6. The smallest absolute Gasteiger partial charge is 0.144 e. The molecule has 3 rings (SSSR count). The average molecular weight is 256 g/mol. The Bertz CT molecular complexity index is 581. The van der Waals surface area contributed by atoms with Gasteiger partial charge in [0.2, 0.25) is 0 Å². The van der Waals surface area contributed by atoms with Crippen molar-refractivity contribution in [2.45, 2.75) is 19.8 Å². The number of hydrogen-bond acceptors (Lipinski definition) is 1. The molecule has 92 valence electrons. The molecule has 2 aromatic carbocycles. The third-order valence-electron chi connectivity index (χ3n) is 3.70. The fraction of sp³-hybridized carbons (Fsp3) is 0.250. The highest BCUT2D eigenvalue weighted by Crippen LogP contribution is 2.53. The molecule has 0 saturated carbocycles. The summed E-state index contributed by atoms with van der Waals surface area (Å²) in [5, 5.41) is 2.14. The third kappa shape index (κ3) is 1.58. The zero-order valence-electron chi connectivity index (χ0n) is 10.6. The van der Waals surface area contributed by atoms with E-state index in [1.165, 1.54) is 11.1 Å². The highest BCUT2D eigenvalue weighted by atomic mass is 31.2. The number of unbranched alkanes of at least 4 members (excludes halogenated alkanes) is 1. The molecular weight excluding hydrogens is 239 g/mol. The van der Waals surface area contributed by atoms with E-state index < -0.39 is 7.14 Å². The highest BCUT2D eigenvalue weighted by Gasteiger charge is 2.37.